The van der Waals surface area contributed by atoms with Crippen molar-refractivity contribution < 1.29 is 4.42 Å². The van der Waals surface area contributed by atoms with E-state index in [4.69, 9.17) is 19.4 Å². The Morgan fingerprint density at radius 3 is 1.63 bits per heavy atom. The molecule has 57 heavy (non-hydrogen) atoms. The van der Waals surface area contributed by atoms with E-state index >= 15 is 0 Å². The first-order valence-electron chi connectivity index (χ1n) is 19.0. The zero-order valence-corrected chi connectivity index (χ0v) is 31.2. The van der Waals surface area contributed by atoms with Crippen molar-refractivity contribution >= 4 is 75.3 Å². The minimum Gasteiger partial charge on any atom is -0.456 e. The summed E-state index contributed by atoms with van der Waals surface area (Å²) in [6.07, 6.45) is 0. The van der Waals surface area contributed by atoms with E-state index in [0.717, 1.165) is 44.2 Å². The highest BCUT2D eigenvalue weighted by molar-refractivity contribution is 7.26. The average molecular weight is 747 g/mol. The standard InChI is InChI=1S/C51H30N4OS/c1-3-12-31(13-4-1)49-52-50(32-14-5-2-6-15-32)54-51(53-49)35-23-25-38-41-28-33(24-27-45(41)56-46(38)29-35)34-22-26-39-40-18-11-21-44(48(40)57-47(39)30-34)55-42-19-9-7-16-36(42)37-17-8-10-20-43(37)55/h1-30H. The van der Waals surface area contributed by atoms with E-state index in [1.807, 2.05) is 78.1 Å². The molecule has 0 aliphatic rings. The molecule has 0 saturated heterocycles. The Kier molecular flexibility index (Phi) is 7.03. The third-order valence-corrected chi connectivity index (χ3v) is 12.3. The molecule has 0 radical (unpaired) electrons. The van der Waals surface area contributed by atoms with Crippen molar-refractivity contribution in [3.8, 4) is 51.0 Å². The Labute approximate surface area is 330 Å². The molecule has 4 aromatic heterocycles. The summed E-state index contributed by atoms with van der Waals surface area (Å²) in [6.45, 7) is 0. The second-order valence-corrected chi connectivity index (χ2v) is 15.5. The fourth-order valence-corrected chi connectivity index (χ4v) is 9.60. The number of para-hydroxylation sites is 2. The summed E-state index contributed by atoms with van der Waals surface area (Å²) in [5.74, 6) is 1.86. The Morgan fingerprint density at radius 1 is 0.368 bits per heavy atom. The van der Waals surface area contributed by atoms with Crippen LogP contribution in [0, 0.1) is 0 Å². The Balaban J connectivity index is 0.948. The lowest BCUT2D eigenvalue weighted by atomic mass is 10.0. The lowest BCUT2D eigenvalue weighted by Gasteiger charge is -2.09. The monoisotopic (exact) mass is 746 g/mol. The van der Waals surface area contributed by atoms with Gasteiger partial charge in [-0.05, 0) is 59.7 Å². The van der Waals surface area contributed by atoms with E-state index < -0.39 is 0 Å². The number of benzene rings is 8. The van der Waals surface area contributed by atoms with Crippen LogP contribution in [0.5, 0.6) is 0 Å². The van der Waals surface area contributed by atoms with Gasteiger partial charge in [0, 0.05) is 53.7 Å². The Morgan fingerprint density at radius 2 is 0.930 bits per heavy atom. The van der Waals surface area contributed by atoms with Gasteiger partial charge in [-0.25, -0.2) is 15.0 Å². The Bertz CT molecular complexity index is 3420. The zero-order valence-electron chi connectivity index (χ0n) is 30.4. The van der Waals surface area contributed by atoms with Crippen LogP contribution in [0.15, 0.2) is 186 Å². The maximum Gasteiger partial charge on any atom is 0.164 e. The van der Waals surface area contributed by atoms with Crippen molar-refractivity contribution in [1.82, 2.24) is 19.5 Å². The first-order valence-corrected chi connectivity index (χ1v) is 19.8. The number of rotatable bonds is 5. The topological polar surface area (TPSA) is 56.7 Å². The molecule has 12 aromatic rings. The highest BCUT2D eigenvalue weighted by Gasteiger charge is 2.18. The van der Waals surface area contributed by atoms with Crippen LogP contribution in [0.4, 0.5) is 0 Å². The van der Waals surface area contributed by atoms with Gasteiger partial charge < -0.3 is 8.98 Å². The summed E-state index contributed by atoms with van der Waals surface area (Å²) in [4.78, 5) is 14.7. The Hall–Kier alpha value is -7.41. The van der Waals surface area contributed by atoms with E-state index in [1.54, 1.807) is 0 Å². The third kappa shape index (κ3) is 5.12. The van der Waals surface area contributed by atoms with Crippen LogP contribution in [0.1, 0.15) is 0 Å². The second-order valence-electron chi connectivity index (χ2n) is 14.4. The highest BCUT2D eigenvalue weighted by atomic mass is 32.1. The second kappa shape index (κ2) is 12.6. The molecule has 266 valence electrons. The van der Waals surface area contributed by atoms with Crippen LogP contribution in [0.2, 0.25) is 0 Å². The molecule has 0 saturated carbocycles. The molecule has 0 amide bonds. The molecule has 0 bridgehead atoms. The molecule has 0 unspecified atom stereocenters. The van der Waals surface area contributed by atoms with Crippen molar-refractivity contribution in [3.63, 3.8) is 0 Å². The fourth-order valence-electron chi connectivity index (χ4n) is 8.35. The maximum atomic E-state index is 6.48. The van der Waals surface area contributed by atoms with E-state index in [0.29, 0.717) is 17.5 Å². The first-order chi connectivity index (χ1) is 28.2. The maximum absolute atomic E-state index is 6.48. The minimum absolute atomic E-state index is 0.601. The number of hydrogen-bond acceptors (Lipinski definition) is 5. The molecule has 6 heteroatoms. The van der Waals surface area contributed by atoms with Crippen LogP contribution in [-0.2, 0) is 0 Å². The van der Waals surface area contributed by atoms with Gasteiger partial charge in [-0.2, -0.15) is 0 Å². The number of nitrogens with zero attached hydrogens (tertiary/aromatic N) is 4. The van der Waals surface area contributed by atoms with Gasteiger partial charge in [0.25, 0.3) is 0 Å². The molecule has 0 aliphatic heterocycles. The molecule has 0 atom stereocenters. The molecule has 8 aromatic carbocycles. The van der Waals surface area contributed by atoms with Gasteiger partial charge in [0.15, 0.2) is 17.5 Å². The molecule has 5 nitrogen and oxygen atoms in total. The van der Waals surface area contributed by atoms with Crippen LogP contribution in [0.3, 0.4) is 0 Å². The number of fused-ring (bicyclic) bond motifs is 9. The predicted molar refractivity (Wildman–Crippen MR) is 236 cm³/mol. The van der Waals surface area contributed by atoms with E-state index in [-0.39, 0.29) is 0 Å². The van der Waals surface area contributed by atoms with Gasteiger partial charge in [-0.15, -0.1) is 11.3 Å². The SMILES string of the molecule is c1ccc(-c2nc(-c3ccccc3)nc(-c3ccc4c(c3)oc3ccc(-c5ccc6c(c5)sc5c(-n7c8ccccc8c8ccccc87)cccc56)cc34)n2)cc1. The normalized spacial score (nSPS) is 11.9. The molecule has 4 heterocycles. The number of thiophene rings is 1. The van der Waals surface area contributed by atoms with E-state index in [1.165, 1.54) is 53.2 Å². The summed E-state index contributed by atoms with van der Waals surface area (Å²) in [6, 6.07) is 63.8. The van der Waals surface area contributed by atoms with Gasteiger partial charge in [0.1, 0.15) is 11.2 Å². The lowest BCUT2D eigenvalue weighted by Crippen LogP contribution is -2.00. The van der Waals surface area contributed by atoms with Crippen molar-refractivity contribution in [2.24, 2.45) is 0 Å². The minimum atomic E-state index is 0.601. The summed E-state index contributed by atoms with van der Waals surface area (Å²) in [5, 5.41) is 7.21. The lowest BCUT2D eigenvalue weighted by molar-refractivity contribution is 0.669. The molecule has 0 spiro atoms. The van der Waals surface area contributed by atoms with Gasteiger partial charge in [0.05, 0.1) is 21.4 Å². The highest BCUT2D eigenvalue weighted by Crippen LogP contribution is 2.43. The van der Waals surface area contributed by atoms with Crippen LogP contribution >= 0.6 is 11.3 Å². The molecular formula is C51H30N4OS. The molecule has 0 fully saturated rings. The van der Waals surface area contributed by atoms with Crippen LogP contribution in [-0.4, -0.2) is 19.5 Å². The summed E-state index contributed by atoms with van der Waals surface area (Å²) >= 11 is 1.86. The number of furan rings is 1. The van der Waals surface area contributed by atoms with E-state index in [2.05, 4.69) is 120 Å². The number of aromatic nitrogens is 4. The first kappa shape index (κ1) is 31.9. The summed E-state index contributed by atoms with van der Waals surface area (Å²) in [5.41, 5.74) is 10.4. The van der Waals surface area contributed by atoms with Crippen molar-refractivity contribution in [2.75, 3.05) is 0 Å². The molecule has 0 N–H and O–H groups in total. The van der Waals surface area contributed by atoms with Crippen molar-refractivity contribution in [1.29, 1.82) is 0 Å². The molecule has 0 aliphatic carbocycles. The van der Waals surface area contributed by atoms with E-state index in [9.17, 15) is 0 Å². The summed E-state index contributed by atoms with van der Waals surface area (Å²) in [7, 11) is 0. The van der Waals surface area contributed by atoms with Crippen LogP contribution in [0.25, 0.3) is 115 Å². The number of hydrogen-bond donors (Lipinski definition) is 0. The zero-order chi connectivity index (χ0) is 37.5. The summed E-state index contributed by atoms with van der Waals surface area (Å²) < 4.78 is 11.5. The molecular weight excluding hydrogens is 717 g/mol. The third-order valence-electron chi connectivity index (χ3n) is 11.1. The molecule has 12 rings (SSSR count). The van der Waals surface area contributed by atoms with Gasteiger partial charge in [-0.1, -0.05) is 133 Å². The van der Waals surface area contributed by atoms with Gasteiger partial charge >= 0.3 is 0 Å². The average Bonchev–Trinajstić information content (AvgIpc) is 3.95. The smallest absolute Gasteiger partial charge is 0.164 e. The fraction of sp³-hybridized carbons (Fsp3) is 0. The van der Waals surface area contributed by atoms with Gasteiger partial charge in [0.2, 0.25) is 0 Å². The van der Waals surface area contributed by atoms with Crippen molar-refractivity contribution in [2.45, 2.75) is 0 Å². The van der Waals surface area contributed by atoms with Crippen LogP contribution < -0.4 is 0 Å². The largest absolute Gasteiger partial charge is 0.456 e. The quantitative estimate of drug-likeness (QED) is 0.176. The van der Waals surface area contributed by atoms with Gasteiger partial charge in [-0.3, -0.25) is 0 Å². The predicted octanol–water partition coefficient (Wildman–Crippen LogP) is 13.9. The van der Waals surface area contributed by atoms with Crippen molar-refractivity contribution in [3.05, 3.63) is 182 Å².